The fourth-order valence-electron chi connectivity index (χ4n) is 4.73. The number of amides is 1. The van der Waals surface area contributed by atoms with Crippen LogP contribution in [0.2, 0.25) is 0 Å². The van der Waals surface area contributed by atoms with E-state index in [0.717, 1.165) is 67.1 Å². The van der Waals surface area contributed by atoms with Crippen LogP contribution in [0, 0.1) is 0 Å². The minimum absolute atomic E-state index is 0.0556. The van der Waals surface area contributed by atoms with Gasteiger partial charge in [-0.25, -0.2) is 4.98 Å². The second-order valence-electron chi connectivity index (χ2n) is 10.3. The highest BCUT2D eigenvalue weighted by molar-refractivity contribution is 5.78. The second-order valence-corrected chi connectivity index (χ2v) is 10.3. The first-order chi connectivity index (χ1) is 19.0. The minimum atomic E-state index is 0.0556. The summed E-state index contributed by atoms with van der Waals surface area (Å²) in [5.74, 6) is 3.43. The molecule has 0 unspecified atom stereocenters. The van der Waals surface area contributed by atoms with Crippen LogP contribution in [0.4, 0.5) is 0 Å². The summed E-state index contributed by atoms with van der Waals surface area (Å²) in [4.78, 5) is 17.2. The van der Waals surface area contributed by atoms with Crippen molar-refractivity contribution in [1.29, 1.82) is 0 Å². The largest absolute Gasteiger partial charge is 0.497 e. The number of hydrogen-bond donors (Lipinski definition) is 1. The molecule has 4 rings (SSSR count). The summed E-state index contributed by atoms with van der Waals surface area (Å²) >= 11 is 0. The molecule has 1 heterocycles. The number of para-hydroxylation sites is 2. The van der Waals surface area contributed by atoms with Gasteiger partial charge in [0.15, 0.2) is 0 Å². The third-order valence-corrected chi connectivity index (χ3v) is 7.00. The van der Waals surface area contributed by atoms with E-state index < -0.39 is 0 Å². The number of nitrogens with one attached hydrogen (secondary N) is 1. The predicted molar refractivity (Wildman–Crippen MR) is 158 cm³/mol. The van der Waals surface area contributed by atoms with Crippen LogP contribution in [0.3, 0.4) is 0 Å². The van der Waals surface area contributed by atoms with Crippen LogP contribution in [0.15, 0.2) is 72.8 Å². The highest BCUT2D eigenvalue weighted by atomic mass is 16.5. The van der Waals surface area contributed by atoms with E-state index in [0.29, 0.717) is 25.5 Å². The van der Waals surface area contributed by atoms with Crippen molar-refractivity contribution in [3.63, 3.8) is 0 Å². The van der Waals surface area contributed by atoms with Gasteiger partial charge in [-0.2, -0.15) is 0 Å². The Labute approximate surface area is 232 Å². The van der Waals surface area contributed by atoms with E-state index in [1.54, 1.807) is 7.11 Å². The summed E-state index contributed by atoms with van der Waals surface area (Å²) in [6.07, 6.45) is 5.27. The molecule has 1 aromatic heterocycles. The third kappa shape index (κ3) is 8.34. The summed E-state index contributed by atoms with van der Waals surface area (Å²) in [6.45, 7) is 6.64. The lowest BCUT2D eigenvalue weighted by Crippen LogP contribution is -2.26. The van der Waals surface area contributed by atoms with Gasteiger partial charge in [-0.1, -0.05) is 56.7 Å². The van der Waals surface area contributed by atoms with Crippen LogP contribution in [-0.2, 0) is 24.2 Å². The summed E-state index contributed by atoms with van der Waals surface area (Å²) in [7, 11) is 1.64. The zero-order chi connectivity index (χ0) is 27.5. The van der Waals surface area contributed by atoms with Crippen LogP contribution in [0.1, 0.15) is 62.4 Å². The van der Waals surface area contributed by atoms with Gasteiger partial charge in [-0.15, -0.1) is 0 Å². The molecule has 206 valence electrons. The first kappa shape index (κ1) is 28.2. The molecule has 0 aliphatic rings. The topological polar surface area (TPSA) is 65.4 Å². The van der Waals surface area contributed by atoms with E-state index in [4.69, 9.17) is 14.5 Å². The first-order valence-corrected chi connectivity index (χ1v) is 14.1. The number of fused-ring (bicyclic) bond motifs is 1. The Morgan fingerprint density at radius 1 is 0.897 bits per heavy atom. The maximum absolute atomic E-state index is 12.3. The van der Waals surface area contributed by atoms with E-state index >= 15 is 0 Å². The molecule has 6 heteroatoms. The number of hydrogen-bond acceptors (Lipinski definition) is 4. The normalized spacial score (nSPS) is 11.2. The molecule has 0 fully saturated rings. The van der Waals surface area contributed by atoms with Gasteiger partial charge in [0.25, 0.3) is 0 Å². The molecule has 6 nitrogen and oxygen atoms in total. The Morgan fingerprint density at radius 3 is 2.38 bits per heavy atom. The summed E-state index contributed by atoms with van der Waals surface area (Å²) in [5.41, 5.74) is 4.54. The second kappa shape index (κ2) is 14.4. The van der Waals surface area contributed by atoms with Crippen LogP contribution >= 0.6 is 0 Å². The average Bonchev–Trinajstić information content (AvgIpc) is 3.30. The number of benzene rings is 3. The van der Waals surface area contributed by atoms with Gasteiger partial charge in [-0.3, -0.25) is 4.79 Å². The number of carbonyl (C=O) groups excluding carboxylic acids is 1. The molecule has 39 heavy (non-hydrogen) atoms. The summed E-state index contributed by atoms with van der Waals surface area (Å²) < 4.78 is 13.5. The van der Waals surface area contributed by atoms with Gasteiger partial charge in [-0.05, 0) is 72.7 Å². The van der Waals surface area contributed by atoms with Gasteiger partial charge in [0.2, 0.25) is 5.91 Å². The lowest BCUT2D eigenvalue weighted by Gasteiger charge is -2.11. The molecule has 0 bridgehead atoms. The quantitative estimate of drug-likeness (QED) is 0.175. The molecular weight excluding hydrogens is 486 g/mol. The van der Waals surface area contributed by atoms with Gasteiger partial charge in [0.1, 0.15) is 17.3 Å². The molecule has 0 aliphatic heterocycles. The van der Waals surface area contributed by atoms with Crippen molar-refractivity contribution < 1.29 is 14.3 Å². The van der Waals surface area contributed by atoms with Crippen molar-refractivity contribution in [1.82, 2.24) is 14.9 Å². The van der Waals surface area contributed by atoms with Gasteiger partial charge < -0.3 is 19.4 Å². The van der Waals surface area contributed by atoms with Crippen molar-refractivity contribution >= 4 is 16.9 Å². The highest BCUT2D eigenvalue weighted by Crippen LogP contribution is 2.20. The Bertz CT molecular complexity index is 1310. The van der Waals surface area contributed by atoms with Crippen molar-refractivity contribution in [2.24, 2.45) is 0 Å². The number of unbranched alkanes of at least 4 members (excludes halogenated alkanes) is 2. The number of ether oxygens (including phenoxy) is 2. The Hall–Kier alpha value is -3.80. The molecule has 0 aliphatic carbocycles. The molecule has 0 saturated heterocycles. The van der Waals surface area contributed by atoms with Crippen molar-refractivity contribution in [3.8, 4) is 11.5 Å². The molecule has 3 aromatic carbocycles. The standard InChI is InChI=1S/C33H41N3O3/c1-25(2)27-15-19-29(20-16-27)39-23-9-22-36-31-11-7-6-10-30(31)35-32(36)12-5-4-8-21-34-33(37)24-26-13-17-28(38-3)18-14-26/h6-7,10-11,13-20,25H,4-5,8-9,12,21-24H2,1-3H3,(H,34,37). The number of imidazole rings is 1. The number of methoxy groups -OCH3 is 1. The molecular formula is C33H41N3O3. The van der Waals surface area contributed by atoms with E-state index in [2.05, 4.69) is 66.2 Å². The molecule has 0 saturated carbocycles. The van der Waals surface area contributed by atoms with Crippen LogP contribution in [0.25, 0.3) is 11.0 Å². The molecule has 0 atom stereocenters. The number of aromatic nitrogens is 2. The molecule has 0 spiro atoms. The van der Waals surface area contributed by atoms with Crippen molar-refractivity contribution in [3.05, 3.63) is 89.7 Å². The third-order valence-electron chi connectivity index (χ3n) is 7.00. The summed E-state index contributed by atoms with van der Waals surface area (Å²) in [6, 6.07) is 24.4. The lowest BCUT2D eigenvalue weighted by molar-refractivity contribution is -0.120. The van der Waals surface area contributed by atoms with Crippen LogP contribution in [-0.4, -0.2) is 35.7 Å². The van der Waals surface area contributed by atoms with Gasteiger partial charge in [0.05, 0.1) is 31.2 Å². The van der Waals surface area contributed by atoms with E-state index in [-0.39, 0.29) is 5.91 Å². The number of carbonyl (C=O) groups is 1. The van der Waals surface area contributed by atoms with E-state index in [9.17, 15) is 4.79 Å². The van der Waals surface area contributed by atoms with Gasteiger partial charge in [0, 0.05) is 19.5 Å². The maximum Gasteiger partial charge on any atom is 0.224 e. The van der Waals surface area contributed by atoms with Crippen molar-refractivity contribution in [2.45, 2.75) is 64.8 Å². The fourth-order valence-corrected chi connectivity index (χ4v) is 4.73. The number of aryl methyl sites for hydroxylation is 2. The molecule has 1 N–H and O–H groups in total. The van der Waals surface area contributed by atoms with E-state index in [1.165, 1.54) is 11.1 Å². The lowest BCUT2D eigenvalue weighted by atomic mass is 10.0. The minimum Gasteiger partial charge on any atom is -0.497 e. The van der Waals surface area contributed by atoms with E-state index in [1.807, 2.05) is 30.3 Å². The number of nitrogens with zero attached hydrogens (tertiary/aromatic N) is 2. The SMILES string of the molecule is COc1ccc(CC(=O)NCCCCCc2nc3ccccc3n2CCCOc2ccc(C(C)C)cc2)cc1. The molecule has 1 amide bonds. The van der Waals surface area contributed by atoms with Crippen molar-refractivity contribution in [2.75, 3.05) is 20.3 Å². The maximum atomic E-state index is 12.3. The predicted octanol–water partition coefficient (Wildman–Crippen LogP) is 6.71. The monoisotopic (exact) mass is 527 g/mol. The Kier molecular flexibility index (Phi) is 10.4. The Morgan fingerprint density at radius 2 is 1.64 bits per heavy atom. The first-order valence-electron chi connectivity index (χ1n) is 14.1. The summed E-state index contributed by atoms with van der Waals surface area (Å²) in [5, 5.41) is 3.04. The zero-order valence-corrected chi connectivity index (χ0v) is 23.5. The highest BCUT2D eigenvalue weighted by Gasteiger charge is 2.10. The van der Waals surface area contributed by atoms with Gasteiger partial charge >= 0.3 is 0 Å². The Balaban J connectivity index is 1.20. The average molecular weight is 528 g/mol. The van der Waals surface area contributed by atoms with Crippen LogP contribution < -0.4 is 14.8 Å². The molecule has 4 aromatic rings. The zero-order valence-electron chi connectivity index (χ0n) is 23.5. The fraction of sp³-hybridized carbons (Fsp3) is 0.394. The number of rotatable bonds is 15. The molecule has 0 radical (unpaired) electrons. The smallest absolute Gasteiger partial charge is 0.224 e. The van der Waals surface area contributed by atoms with Crippen LogP contribution in [0.5, 0.6) is 11.5 Å².